The van der Waals surface area contributed by atoms with E-state index in [1.165, 1.54) is 103 Å². The lowest BCUT2D eigenvalue weighted by Crippen LogP contribution is -2.10. The molecule has 0 atom stereocenters. The Kier molecular flexibility index (Phi) is 9.43. The van der Waals surface area contributed by atoms with Crippen LogP contribution in [0, 0.1) is 0 Å². The minimum atomic E-state index is 1.11. The molecule has 0 fully saturated rings. The number of benzene rings is 11. The van der Waals surface area contributed by atoms with E-state index in [2.05, 4.69) is 254 Å². The highest BCUT2D eigenvalue weighted by molar-refractivity contribution is 7.26. The van der Waals surface area contributed by atoms with E-state index in [0.717, 1.165) is 11.4 Å². The summed E-state index contributed by atoms with van der Waals surface area (Å²) in [7, 11) is 0. The summed E-state index contributed by atoms with van der Waals surface area (Å²) in [4.78, 5) is 2.43. The standard InChI is InChI=1S/C62H41NS/c1-4-15-42(16-5-1)43-27-29-44(30-28-43)45-31-36-50(37-32-45)63(57-24-14-26-59-62(57)55-23-12-13-25-58(55)64-59)51-38-33-46(34-39-51)49-35-40-53-52-21-10-11-22-54(52)60(47-17-6-2-7-18-47)61(56(53)41-49)48-19-8-3-9-20-48/h1-41H. The zero-order valence-corrected chi connectivity index (χ0v) is 35.8. The molecule has 11 aromatic carbocycles. The monoisotopic (exact) mass is 831 g/mol. The molecule has 1 heterocycles. The van der Waals surface area contributed by atoms with Gasteiger partial charge in [-0.05, 0) is 126 Å². The van der Waals surface area contributed by atoms with Crippen LogP contribution < -0.4 is 4.90 Å². The van der Waals surface area contributed by atoms with Crippen molar-refractivity contribution in [2.45, 2.75) is 0 Å². The summed E-state index contributed by atoms with van der Waals surface area (Å²) in [5.41, 5.74) is 15.5. The van der Waals surface area contributed by atoms with Crippen molar-refractivity contribution in [1.82, 2.24) is 0 Å². The lowest BCUT2D eigenvalue weighted by atomic mass is 9.84. The smallest absolute Gasteiger partial charge is 0.0554 e. The molecule has 0 N–H and O–H groups in total. The van der Waals surface area contributed by atoms with Crippen molar-refractivity contribution in [3.8, 4) is 55.6 Å². The summed E-state index contributed by atoms with van der Waals surface area (Å²) in [5, 5.41) is 7.59. The predicted molar refractivity (Wildman–Crippen MR) is 276 cm³/mol. The third-order valence-electron chi connectivity index (χ3n) is 12.7. The molecule has 0 bridgehead atoms. The van der Waals surface area contributed by atoms with E-state index >= 15 is 0 Å². The fourth-order valence-electron chi connectivity index (χ4n) is 9.64. The van der Waals surface area contributed by atoms with Gasteiger partial charge in [-0.15, -0.1) is 11.3 Å². The van der Waals surface area contributed by atoms with Crippen LogP contribution in [0.5, 0.6) is 0 Å². The Bertz CT molecular complexity index is 3610. The van der Waals surface area contributed by atoms with Gasteiger partial charge in [0.1, 0.15) is 0 Å². The molecule has 0 spiro atoms. The van der Waals surface area contributed by atoms with E-state index in [0.29, 0.717) is 0 Å². The van der Waals surface area contributed by atoms with E-state index < -0.39 is 0 Å². The van der Waals surface area contributed by atoms with Crippen molar-refractivity contribution in [2.75, 3.05) is 4.90 Å². The van der Waals surface area contributed by atoms with Gasteiger partial charge in [0.05, 0.1) is 5.69 Å². The minimum Gasteiger partial charge on any atom is -0.310 e. The van der Waals surface area contributed by atoms with Crippen LogP contribution in [0.4, 0.5) is 17.1 Å². The average molecular weight is 832 g/mol. The first-order valence-corrected chi connectivity index (χ1v) is 22.7. The molecular formula is C62H41NS. The van der Waals surface area contributed by atoms with Crippen LogP contribution in [0.2, 0.25) is 0 Å². The topological polar surface area (TPSA) is 3.24 Å². The van der Waals surface area contributed by atoms with Gasteiger partial charge in [-0.3, -0.25) is 0 Å². The molecular weight excluding hydrogens is 791 g/mol. The molecule has 0 radical (unpaired) electrons. The highest BCUT2D eigenvalue weighted by Crippen LogP contribution is 2.47. The summed E-state index contributed by atoms with van der Waals surface area (Å²) < 4.78 is 2.58. The van der Waals surface area contributed by atoms with Crippen molar-refractivity contribution < 1.29 is 0 Å². The molecule has 300 valence electrons. The molecule has 0 unspecified atom stereocenters. The number of anilines is 3. The SMILES string of the molecule is c1ccc(-c2ccc(-c3ccc(N(c4ccc(-c5ccc6c(c5)c(-c5ccccc5)c(-c5ccccc5)c5ccccc56)cc4)c4cccc5sc6ccccc6c45)cc3)cc2)cc1. The van der Waals surface area contributed by atoms with Crippen LogP contribution >= 0.6 is 11.3 Å². The molecule has 2 heteroatoms. The van der Waals surface area contributed by atoms with Crippen molar-refractivity contribution in [3.05, 3.63) is 249 Å². The molecule has 1 aromatic heterocycles. The highest BCUT2D eigenvalue weighted by Gasteiger charge is 2.21. The molecule has 12 rings (SSSR count). The van der Waals surface area contributed by atoms with Crippen molar-refractivity contribution in [2.24, 2.45) is 0 Å². The third-order valence-corrected chi connectivity index (χ3v) is 13.8. The van der Waals surface area contributed by atoms with Crippen molar-refractivity contribution in [3.63, 3.8) is 0 Å². The fourth-order valence-corrected chi connectivity index (χ4v) is 10.8. The van der Waals surface area contributed by atoms with Crippen molar-refractivity contribution >= 4 is 70.1 Å². The van der Waals surface area contributed by atoms with E-state index in [-0.39, 0.29) is 0 Å². The van der Waals surface area contributed by atoms with Crippen LogP contribution in [0.25, 0.3) is 97.4 Å². The van der Waals surface area contributed by atoms with Crippen LogP contribution in [0.3, 0.4) is 0 Å². The van der Waals surface area contributed by atoms with Crippen LogP contribution in [-0.4, -0.2) is 0 Å². The Hall–Kier alpha value is -8.04. The Morgan fingerprint density at radius 3 is 1.25 bits per heavy atom. The van der Waals surface area contributed by atoms with Gasteiger partial charge in [-0.25, -0.2) is 0 Å². The maximum atomic E-state index is 2.43. The maximum absolute atomic E-state index is 2.43. The Morgan fingerprint density at radius 2 is 0.656 bits per heavy atom. The normalized spacial score (nSPS) is 11.4. The van der Waals surface area contributed by atoms with Gasteiger partial charge in [0, 0.05) is 31.5 Å². The first kappa shape index (κ1) is 37.7. The lowest BCUT2D eigenvalue weighted by Gasteiger charge is -2.27. The molecule has 12 aromatic rings. The van der Waals surface area contributed by atoms with Crippen molar-refractivity contribution in [1.29, 1.82) is 0 Å². The largest absolute Gasteiger partial charge is 0.310 e. The van der Waals surface area contributed by atoms with E-state index in [9.17, 15) is 0 Å². The lowest BCUT2D eigenvalue weighted by molar-refractivity contribution is 1.30. The van der Waals surface area contributed by atoms with E-state index in [1.54, 1.807) is 0 Å². The second-order valence-corrected chi connectivity index (χ2v) is 17.5. The summed E-state index contributed by atoms with van der Waals surface area (Å²) >= 11 is 1.86. The van der Waals surface area contributed by atoms with Gasteiger partial charge < -0.3 is 4.90 Å². The van der Waals surface area contributed by atoms with E-state index in [4.69, 9.17) is 0 Å². The summed E-state index contributed by atoms with van der Waals surface area (Å²) in [6, 6.07) is 90.8. The van der Waals surface area contributed by atoms with Gasteiger partial charge >= 0.3 is 0 Å². The van der Waals surface area contributed by atoms with Gasteiger partial charge in [0.15, 0.2) is 0 Å². The maximum Gasteiger partial charge on any atom is 0.0554 e. The third kappa shape index (κ3) is 6.64. The quantitative estimate of drug-likeness (QED) is 0.138. The van der Waals surface area contributed by atoms with E-state index in [1.807, 2.05) is 11.3 Å². The molecule has 0 aliphatic carbocycles. The second-order valence-electron chi connectivity index (χ2n) is 16.4. The molecule has 0 aliphatic rings. The number of fused-ring (bicyclic) bond motifs is 6. The number of hydrogen-bond acceptors (Lipinski definition) is 2. The predicted octanol–water partition coefficient (Wildman–Crippen LogP) is 18.2. The summed E-state index contributed by atoms with van der Waals surface area (Å²) in [6.45, 7) is 0. The molecule has 64 heavy (non-hydrogen) atoms. The highest BCUT2D eigenvalue weighted by atomic mass is 32.1. The summed E-state index contributed by atoms with van der Waals surface area (Å²) in [6.07, 6.45) is 0. The Morgan fingerprint density at radius 1 is 0.250 bits per heavy atom. The Balaban J connectivity index is 0.984. The number of nitrogens with zero attached hydrogens (tertiary/aromatic N) is 1. The number of rotatable bonds is 8. The molecule has 1 nitrogen and oxygen atoms in total. The summed E-state index contributed by atoms with van der Waals surface area (Å²) in [5.74, 6) is 0. The fraction of sp³-hybridized carbons (Fsp3) is 0. The van der Waals surface area contributed by atoms with Crippen LogP contribution in [0.15, 0.2) is 249 Å². The van der Waals surface area contributed by atoms with Gasteiger partial charge in [-0.2, -0.15) is 0 Å². The zero-order chi connectivity index (χ0) is 42.4. The molecule has 0 saturated carbocycles. The molecule has 0 aliphatic heterocycles. The second kappa shape index (κ2) is 16.0. The first-order chi connectivity index (χ1) is 31.7. The number of thiophene rings is 1. The van der Waals surface area contributed by atoms with Gasteiger partial charge in [-0.1, -0.05) is 200 Å². The number of hydrogen-bond donors (Lipinski definition) is 0. The van der Waals surface area contributed by atoms with Crippen LogP contribution in [0.1, 0.15) is 0 Å². The Labute approximate surface area is 377 Å². The van der Waals surface area contributed by atoms with Crippen LogP contribution in [-0.2, 0) is 0 Å². The zero-order valence-electron chi connectivity index (χ0n) is 35.0. The average Bonchev–Trinajstić information content (AvgIpc) is 3.77. The molecule has 0 saturated heterocycles. The minimum absolute atomic E-state index is 1.11. The van der Waals surface area contributed by atoms with Gasteiger partial charge in [0.2, 0.25) is 0 Å². The first-order valence-electron chi connectivity index (χ1n) is 21.9. The van der Waals surface area contributed by atoms with Gasteiger partial charge in [0.25, 0.3) is 0 Å². The molecule has 0 amide bonds.